The molecule has 0 saturated heterocycles. The lowest BCUT2D eigenvalue weighted by Gasteiger charge is -2.31. The molecule has 1 atom stereocenters. The first-order chi connectivity index (χ1) is 12.3. The van der Waals surface area contributed by atoms with Crippen molar-refractivity contribution < 1.29 is 4.79 Å². The van der Waals surface area contributed by atoms with E-state index in [9.17, 15) is 4.79 Å². The van der Waals surface area contributed by atoms with Crippen LogP contribution in [0.2, 0.25) is 0 Å². The second kappa shape index (κ2) is 7.11. The SMILES string of the molecule is Cc1cc2c(NC(=O)N[C@H](Cn3ccnc3)C(C)(C)C)cccc2nn1. The minimum Gasteiger partial charge on any atom is -0.335 e. The predicted molar refractivity (Wildman–Crippen MR) is 102 cm³/mol. The van der Waals surface area contributed by atoms with Crippen LogP contribution < -0.4 is 10.6 Å². The van der Waals surface area contributed by atoms with Gasteiger partial charge < -0.3 is 15.2 Å². The summed E-state index contributed by atoms with van der Waals surface area (Å²) in [5.41, 5.74) is 2.16. The van der Waals surface area contributed by atoms with Crippen molar-refractivity contribution in [3.05, 3.63) is 48.7 Å². The lowest BCUT2D eigenvalue weighted by atomic mass is 9.86. The molecule has 0 spiro atoms. The molecule has 0 bridgehead atoms. The number of anilines is 1. The third kappa shape index (κ3) is 4.17. The normalized spacial score (nSPS) is 12.8. The number of fused-ring (bicyclic) bond motifs is 1. The first-order valence-corrected chi connectivity index (χ1v) is 8.59. The molecule has 1 aromatic carbocycles. The monoisotopic (exact) mass is 352 g/mol. The number of rotatable bonds is 4. The molecular formula is C19H24N6O. The third-order valence-electron chi connectivity index (χ3n) is 4.30. The molecule has 0 fully saturated rings. The maximum atomic E-state index is 12.6. The summed E-state index contributed by atoms with van der Waals surface area (Å²) < 4.78 is 1.97. The van der Waals surface area contributed by atoms with Crippen molar-refractivity contribution in [2.75, 3.05) is 5.32 Å². The first kappa shape index (κ1) is 17.8. The molecule has 2 aromatic heterocycles. The highest BCUT2D eigenvalue weighted by molar-refractivity contribution is 6.00. The molecule has 136 valence electrons. The van der Waals surface area contributed by atoms with Gasteiger partial charge in [-0.3, -0.25) is 0 Å². The van der Waals surface area contributed by atoms with Crippen LogP contribution in [-0.2, 0) is 6.54 Å². The smallest absolute Gasteiger partial charge is 0.319 e. The summed E-state index contributed by atoms with van der Waals surface area (Å²) in [6.45, 7) is 8.84. The van der Waals surface area contributed by atoms with Gasteiger partial charge in [-0.2, -0.15) is 10.2 Å². The summed E-state index contributed by atoms with van der Waals surface area (Å²) in [6.07, 6.45) is 5.38. The molecule has 2 heterocycles. The molecule has 26 heavy (non-hydrogen) atoms. The molecule has 0 radical (unpaired) electrons. The van der Waals surface area contributed by atoms with Crippen molar-refractivity contribution in [2.24, 2.45) is 5.41 Å². The Morgan fingerprint density at radius 1 is 1.27 bits per heavy atom. The predicted octanol–water partition coefficient (Wildman–Crippen LogP) is 3.37. The highest BCUT2D eigenvalue weighted by Crippen LogP contribution is 2.23. The molecule has 7 heteroatoms. The Labute approximate surface area is 152 Å². The lowest BCUT2D eigenvalue weighted by molar-refractivity contribution is 0.219. The quantitative estimate of drug-likeness (QED) is 0.754. The molecule has 3 rings (SSSR count). The summed E-state index contributed by atoms with van der Waals surface area (Å²) in [5.74, 6) is 0. The third-order valence-corrected chi connectivity index (χ3v) is 4.30. The van der Waals surface area contributed by atoms with Crippen molar-refractivity contribution >= 4 is 22.6 Å². The van der Waals surface area contributed by atoms with E-state index in [4.69, 9.17) is 0 Å². The molecule has 3 aromatic rings. The van der Waals surface area contributed by atoms with Crippen molar-refractivity contribution in [3.63, 3.8) is 0 Å². The Hall–Kier alpha value is -2.96. The maximum Gasteiger partial charge on any atom is 0.319 e. The van der Waals surface area contributed by atoms with E-state index in [-0.39, 0.29) is 17.5 Å². The van der Waals surface area contributed by atoms with Crippen molar-refractivity contribution in [1.29, 1.82) is 0 Å². The fourth-order valence-corrected chi connectivity index (χ4v) is 2.73. The number of urea groups is 1. The van der Waals surface area contributed by atoms with Gasteiger partial charge in [0.25, 0.3) is 0 Å². The number of benzene rings is 1. The van der Waals surface area contributed by atoms with Gasteiger partial charge >= 0.3 is 6.03 Å². The molecule has 0 saturated carbocycles. The summed E-state index contributed by atoms with van der Waals surface area (Å²) in [7, 11) is 0. The number of carbonyl (C=O) groups excluding carboxylic acids is 1. The van der Waals surface area contributed by atoms with Gasteiger partial charge in [0.15, 0.2) is 0 Å². The Morgan fingerprint density at radius 2 is 2.08 bits per heavy atom. The summed E-state index contributed by atoms with van der Waals surface area (Å²) in [5, 5.41) is 15.1. The van der Waals surface area contributed by atoms with Crippen molar-refractivity contribution in [3.8, 4) is 0 Å². The molecule has 2 amide bonds. The van der Waals surface area contributed by atoms with E-state index >= 15 is 0 Å². The number of hydrogen-bond acceptors (Lipinski definition) is 4. The van der Waals surface area contributed by atoms with Gasteiger partial charge in [-0.1, -0.05) is 26.8 Å². The zero-order valence-corrected chi connectivity index (χ0v) is 15.5. The van der Waals surface area contributed by atoms with Gasteiger partial charge in [-0.15, -0.1) is 0 Å². The van der Waals surface area contributed by atoms with Crippen LogP contribution in [0.1, 0.15) is 26.5 Å². The molecule has 0 aliphatic rings. The largest absolute Gasteiger partial charge is 0.335 e. The van der Waals surface area contributed by atoms with Crippen molar-refractivity contribution in [1.82, 2.24) is 25.1 Å². The minimum atomic E-state index is -0.244. The highest BCUT2D eigenvalue weighted by Gasteiger charge is 2.26. The van der Waals surface area contributed by atoms with Crippen LogP contribution in [-0.4, -0.2) is 31.8 Å². The fraction of sp³-hybridized carbons (Fsp3) is 0.368. The van der Waals surface area contributed by atoms with E-state index in [0.29, 0.717) is 12.2 Å². The highest BCUT2D eigenvalue weighted by atomic mass is 16.2. The van der Waals surface area contributed by atoms with Gasteiger partial charge in [0, 0.05) is 24.3 Å². The van der Waals surface area contributed by atoms with Gasteiger partial charge in [-0.25, -0.2) is 9.78 Å². The average molecular weight is 352 g/mol. The standard InChI is InChI=1S/C19H24N6O/c1-13-10-14-15(6-5-7-16(14)24-23-13)21-18(26)22-17(19(2,3)4)11-25-9-8-20-12-25/h5-10,12,17H,11H2,1-4H3,(H2,21,22,26)/t17-/m1/s1. The van der Waals surface area contributed by atoms with Gasteiger partial charge in [0.2, 0.25) is 0 Å². The second-order valence-electron chi connectivity index (χ2n) is 7.50. The zero-order valence-electron chi connectivity index (χ0n) is 15.5. The number of imidazole rings is 1. The zero-order chi connectivity index (χ0) is 18.7. The topological polar surface area (TPSA) is 84.7 Å². The Kier molecular flexibility index (Phi) is 4.88. The second-order valence-corrected chi connectivity index (χ2v) is 7.50. The number of nitrogens with one attached hydrogen (secondary N) is 2. The maximum absolute atomic E-state index is 12.6. The number of aromatic nitrogens is 4. The van der Waals surface area contributed by atoms with Gasteiger partial charge in [-0.05, 0) is 30.5 Å². The minimum absolute atomic E-state index is 0.0618. The van der Waals surface area contributed by atoms with E-state index in [2.05, 4.69) is 46.6 Å². The van der Waals surface area contributed by atoms with E-state index in [1.165, 1.54) is 0 Å². The van der Waals surface area contributed by atoms with Gasteiger partial charge in [0.05, 0.1) is 29.3 Å². The van der Waals surface area contributed by atoms with E-state index in [1.807, 2.05) is 42.0 Å². The summed E-state index contributed by atoms with van der Waals surface area (Å²) >= 11 is 0. The number of aryl methyl sites for hydroxylation is 1. The van der Waals surface area contributed by atoms with Crippen LogP contribution in [0.15, 0.2) is 43.0 Å². The molecule has 0 unspecified atom stereocenters. The summed E-state index contributed by atoms with van der Waals surface area (Å²) in [4.78, 5) is 16.7. The molecule has 0 aliphatic carbocycles. The van der Waals surface area contributed by atoms with E-state index < -0.39 is 0 Å². The van der Waals surface area contributed by atoms with Crippen LogP contribution in [0.25, 0.3) is 10.9 Å². The van der Waals surface area contributed by atoms with Crippen LogP contribution in [0, 0.1) is 12.3 Å². The van der Waals surface area contributed by atoms with Crippen LogP contribution in [0.5, 0.6) is 0 Å². The molecular weight excluding hydrogens is 328 g/mol. The number of amides is 2. The van der Waals surface area contributed by atoms with Crippen LogP contribution in [0.3, 0.4) is 0 Å². The lowest BCUT2D eigenvalue weighted by Crippen LogP contribution is -2.47. The number of carbonyl (C=O) groups is 1. The number of hydrogen-bond donors (Lipinski definition) is 2. The Balaban J connectivity index is 1.77. The molecule has 7 nitrogen and oxygen atoms in total. The van der Waals surface area contributed by atoms with E-state index in [0.717, 1.165) is 16.6 Å². The Morgan fingerprint density at radius 3 is 2.77 bits per heavy atom. The first-order valence-electron chi connectivity index (χ1n) is 8.59. The summed E-state index contributed by atoms with van der Waals surface area (Å²) in [6, 6.07) is 7.21. The van der Waals surface area contributed by atoms with Crippen LogP contribution >= 0.6 is 0 Å². The average Bonchev–Trinajstić information content (AvgIpc) is 3.07. The van der Waals surface area contributed by atoms with Gasteiger partial charge in [0.1, 0.15) is 0 Å². The molecule has 0 aliphatic heterocycles. The fourth-order valence-electron chi connectivity index (χ4n) is 2.73. The Bertz CT molecular complexity index is 898. The van der Waals surface area contributed by atoms with E-state index in [1.54, 1.807) is 12.5 Å². The van der Waals surface area contributed by atoms with Crippen molar-refractivity contribution in [2.45, 2.75) is 40.3 Å². The van der Waals surface area contributed by atoms with Crippen LogP contribution in [0.4, 0.5) is 10.5 Å². The number of nitrogens with zero attached hydrogens (tertiary/aromatic N) is 4. The molecule has 2 N–H and O–H groups in total.